The average molecular weight is 423 g/mol. The second-order valence-electron chi connectivity index (χ2n) is 7.10. The Morgan fingerprint density at radius 3 is 2.53 bits per heavy atom. The molecule has 156 valence electrons. The number of nitrogens with zero attached hydrogens (tertiary/aromatic N) is 4. The molecule has 0 bridgehead atoms. The molecule has 0 aliphatic heterocycles. The van der Waals surface area contributed by atoms with E-state index in [9.17, 15) is 4.79 Å². The number of hydrogen-bond acceptors (Lipinski definition) is 7. The zero-order chi connectivity index (χ0) is 21.5. The van der Waals surface area contributed by atoms with E-state index in [1.54, 1.807) is 4.90 Å². The Morgan fingerprint density at radius 1 is 1.07 bits per heavy atom. The van der Waals surface area contributed by atoms with Gasteiger partial charge in [-0.15, -0.1) is 11.8 Å². The minimum absolute atomic E-state index is 0.0564. The number of para-hydroxylation sites is 1. The normalized spacial score (nSPS) is 10.6. The number of carbonyl (C=O) groups excluding carboxylic acids is 1. The van der Waals surface area contributed by atoms with Crippen molar-refractivity contribution in [3.05, 3.63) is 71.0 Å². The molecular formula is C22H26N6OS. The van der Waals surface area contributed by atoms with Gasteiger partial charge in [-0.2, -0.15) is 15.0 Å². The van der Waals surface area contributed by atoms with Crippen LogP contribution in [0, 0.1) is 13.8 Å². The van der Waals surface area contributed by atoms with Crippen molar-refractivity contribution in [1.29, 1.82) is 0 Å². The number of nitrogens with two attached hydrogens (primary N) is 1. The van der Waals surface area contributed by atoms with Crippen LogP contribution in [-0.4, -0.2) is 38.6 Å². The zero-order valence-electron chi connectivity index (χ0n) is 17.4. The molecule has 0 saturated carbocycles. The van der Waals surface area contributed by atoms with E-state index in [-0.39, 0.29) is 11.9 Å². The number of rotatable bonds is 8. The molecule has 2 aromatic carbocycles. The predicted molar refractivity (Wildman–Crippen MR) is 123 cm³/mol. The number of carbonyl (C=O) groups is 1. The largest absolute Gasteiger partial charge is 0.368 e. The molecule has 3 N–H and O–H groups in total. The maximum atomic E-state index is 12.4. The van der Waals surface area contributed by atoms with Gasteiger partial charge in [0.1, 0.15) is 5.82 Å². The smallest absolute Gasteiger partial charge is 0.232 e. The summed E-state index contributed by atoms with van der Waals surface area (Å²) in [5.74, 6) is 1.96. The van der Waals surface area contributed by atoms with Gasteiger partial charge in [-0.25, -0.2) is 0 Å². The highest BCUT2D eigenvalue weighted by Gasteiger charge is 2.11. The number of aromatic nitrogens is 3. The van der Waals surface area contributed by atoms with E-state index in [2.05, 4.69) is 32.4 Å². The van der Waals surface area contributed by atoms with E-state index in [0.29, 0.717) is 29.8 Å². The van der Waals surface area contributed by atoms with Crippen molar-refractivity contribution in [1.82, 2.24) is 19.9 Å². The number of anilines is 3. The Hall–Kier alpha value is -3.13. The quantitative estimate of drug-likeness (QED) is 0.571. The Bertz CT molecular complexity index is 1010. The van der Waals surface area contributed by atoms with Crippen LogP contribution in [0.5, 0.6) is 0 Å². The fourth-order valence-corrected chi connectivity index (χ4v) is 3.60. The summed E-state index contributed by atoms with van der Waals surface area (Å²) in [6.07, 6.45) is 0. The third-order valence-electron chi connectivity index (χ3n) is 4.51. The molecule has 1 heterocycles. The van der Waals surface area contributed by atoms with Crippen molar-refractivity contribution in [3.63, 3.8) is 0 Å². The zero-order valence-corrected chi connectivity index (χ0v) is 18.2. The summed E-state index contributed by atoms with van der Waals surface area (Å²) in [5, 5.41) is 3.18. The first-order chi connectivity index (χ1) is 14.4. The van der Waals surface area contributed by atoms with Crippen LogP contribution in [0.25, 0.3) is 0 Å². The SMILES string of the molecule is Cc1ccc(CN(C)C(=O)CSCc2nc(N)nc(Nc3ccccc3C)n2)cc1. The Labute approximate surface area is 181 Å². The first-order valence-corrected chi connectivity index (χ1v) is 10.8. The average Bonchev–Trinajstić information content (AvgIpc) is 2.71. The minimum atomic E-state index is 0.0564. The van der Waals surface area contributed by atoms with Crippen LogP contribution in [0.2, 0.25) is 0 Å². The monoisotopic (exact) mass is 422 g/mol. The van der Waals surface area contributed by atoms with Crippen molar-refractivity contribution < 1.29 is 4.79 Å². The predicted octanol–water partition coefficient (Wildman–Crippen LogP) is 3.71. The van der Waals surface area contributed by atoms with Gasteiger partial charge < -0.3 is 16.0 Å². The van der Waals surface area contributed by atoms with Gasteiger partial charge in [0, 0.05) is 19.3 Å². The van der Waals surface area contributed by atoms with Gasteiger partial charge in [0.15, 0.2) is 0 Å². The van der Waals surface area contributed by atoms with Crippen LogP contribution in [0.15, 0.2) is 48.5 Å². The molecule has 30 heavy (non-hydrogen) atoms. The topological polar surface area (TPSA) is 97.0 Å². The lowest BCUT2D eigenvalue weighted by molar-refractivity contribution is -0.127. The summed E-state index contributed by atoms with van der Waals surface area (Å²) >= 11 is 1.46. The summed E-state index contributed by atoms with van der Waals surface area (Å²) in [4.78, 5) is 26.9. The molecule has 3 aromatic rings. The van der Waals surface area contributed by atoms with Crippen molar-refractivity contribution in [3.8, 4) is 0 Å². The molecule has 0 saturated heterocycles. The standard InChI is InChI=1S/C22H26N6OS/c1-15-8-10-17(11-9-15)12-28(3)20(29)14-30-13-19-25-21(23)27-22(26-19)24-18-7-5-4-6-16(18)2/h4-11H,12-14H2,1-3H3,(H3,23,24,25,26,27). The lowest BCUT2D eigenvalue weighted by Crippen LogP contribution is -2.27. The first-order valence-electron chi connectivity index (χ1n) is 9.61. The number of nitrogens with one attached hydrogen (secondary N) is 1. The number of amides is 1. The summed E-state index contributed by atoms with van der Waals surface area (Å²) in [5.41, 5.74) is 10.1. The minimum Gasteiger partial charge on any atom is -0.368 e. The fourth-order valence-electron chi connectivity index (χ4n) is 2.79. The maximum absolute atomic E-state index is 12.4. The van der Waals surface area contributed by atoms with E-state index >= 15 is 0 Å². The van der Waals surface area contributed by atoms with Crippen LogP contribution in [-0.2, 0) is 17.1 Å². The molecule has 0 radical (unpaired) electrons. The van der Waals surface area contributed by atoms with Crippen molar-refractivity contribution >= 4 is 35.3 Å². The highest BCUT2D eigenvalue weighted by molar-refractivity contribution is 7.99. The van der Waals surface area contributed by atoms with E-state index in [4.69, 9.17) is 5.73 Å². The lowest BCUT2D eigenvalue weighted by atomic mass is 10.1. The van der Waals surface area contributed by atoms with Gasteiger partial charge in [-0.1, -0.05) is 48.0 Å². The molecule has 0 atom stereocenters. The molecule has 1 aromatic heterocycles. The van der Waals surface area contributed by atoms with Crippen molar-refractivity contribution in [2.75, 3.05) is 23.9 Å². The van der Waals surface area contributed by atoms with E-state index in [1.807, 2.05) is 57.3 Å². The summed E-state index contributed by atoms with van der Waals surface area (Å²) in [6, 6.07) is 16.1. The Balaban J connectivity index is 1.53. The summed E-state index contributed by atoms with van der Waals surface area (Å²) < 4.78 is 0. The van der Waals surface area contributed by atoms with Crippen LogP contribution < -0.4 is 11.1 Å². The van der Waals surface area contributed by atoms with E-state index in [1.165, 1.54) is 17.3 Å². The number of benzene rings is 2. The molecule has 0 fully saturated rings. The molecule has 0 unspecified atom stereocenters. The highest BCUT2D eigenvalue weighted by atomic mass is 32.2. The van der Waals surface area contributed by atoms with E-state index < -0.39 is 0 Å². The van der Waals surface area contributed by atoms with Gasteiger partial charge in [-0.3, -0.25) is 4.79 Å². The number of aryl methyl sites for hydroxylation is 2. The second-order valence-corrected chi connectivity index (χ2v) is 8.09. The molecule has 8 heteroatoms. The number of nitrogen functional groups attached to an aromatic ring is 1. The first kappa shape index (κ1) is 21.6. The second kappa shape index (κ2) is 10.1. The van der Waals surface area contributed by atoms with Crippen LogP contribution in [0.1, 0.15) is 22.5 Å². The molecular weight excluding hydrogens is 396 g/mol. The Morgan fingerprint density at radius 2 is 1.80 bits per heavy atom. The molecule has 0 spiro atoms. The third kappa shape index (κ3) is 6.18. The molecule has 0 aliphatic rings. The van der Waals surface area contributed by atoms with Gasteiger partial charge in [0.05, 0.1) is 11.5 Å². The summed E-state index contributed by atoms with van der Waals surface area (Å²) in [7, 11) is 1.81. The fraction of sp³-hybridized carbons (Fsp3) is 0.273. The van der Waals surface area contributed by atoms with Crippen LogP contribution >= 0.6 is 11.8 Å². The van der Waals surface area contributed by atoms with Crippen molar-refractivity contribution in [2.24, 2.45) is 0 Å². The molecule has 3 rings (SSSR count). The lowest BCUT2D eigenvalue weighted by Gasteiger charge is -2.17. The highest BCUT2D eigenvalue weighted by Crippen LogP contribution is 2.19. The summed E-state index contributed by atoms with van der Waals surface area (Å²) in [6.45, 7) is 4.64. The van der Waals surface area contributed by atoms with Gasteiger partial charge in [0.25, 0.3) is 0 Å². The van der Waals surface area contributed by atoms with Gasteiger partial charge in [0.2, 0.25) is 17.8 Å². The number of thioether (sulfide) groups is 1. The van der Waals surface area contributed by atoms with E-state index in [0.717, 1.165) is 16.8 Å². The number of hydrogen-bond donors (Lipinski definition) is 2. The Kier molecular flexibility index (Phi) is 7.24. The molecule has 7 nitrogen and oxygen atoms in total. The molecule has 1 amide bonds. The van der Waals surface area contributed by atoms with Gasteiger partial charge >= 0.3 is 0 Å². The third-order valence-corrected chi connectivity index (χ3v) is 5.43. The van der Waals surface area contributed by atoms with Gasteiger partial charge in [-0.05, 0) is 31.0 Å². The van der Waals surface area contributed by atoms with Crippen LogP contribution in [0.4, 0.5) is 17.6 Å². The van der Waals surface area contributed by atoms with Crippen LogP contribution in [0.3, 0.4) is 0 Å². The van der Waals surface area contributed by atoms with Crippen molar-refractivity contribution in [2.45, 2.75) is 26.1 Å². The maximum Gasteiger partial charge on any atom is 0.232 e. The molecule has 0 aliphatic carbocycles.